The first-order chi connectivity index (χ1) is 14.6. The Kier molecular flexibility index (Phi) is 7.00. The number of nitrogens with zero attached hydrogens (tertiary/aromatic N) is 3. The molecule has 0 radical (unpaired) electrons. The highest BCUT2D eigenvalue weighted by molar-refractivity contribution is 7.83. The molecule has 2 unspecified atom stereocenters. The molecule has 0 aliphatic heterocycles. The van der Waals surface area contributed by atoms with Crippen molar-refractivity contribution in [2.45, 2.75) is 39.5 Å². The lowest BCUT2D eigenvalue weighted by Gasteiger charge is -2.14. The highest BCUT2D eigenvalue weighted by Gasteiger charge is 2.31. The molecule has 1 aromatic carbocycles. The number of fused-ring (bicyclic) bond motifs is 1. The first kappa shape index (κ1) is 23.2. The van der Waals surface area contributed by atoms with Crippen molar-refractivity contribution >= 4 is 22.0 Å². The summed E-state index contributed by atoms with van der Waals surface area (Å²) in [5.74, 6) is 0.767. The minimum absolute atomic E-state index is 0.0921. The van der Waals surface area contributed by atoms with Crippen LogP contribution in [0.3, 0.4) is 0 Å². The van der Waals surface area contributed by atoms with Gasteiger partial charge in [0.25, 0.3) is 0 Å². The van der Waals surface area contributed by atoms with Gasteiger partial charge in [-0.1, -0.05) is 6.92 Å². The molecule has 0 spiro atoms. The van der Waals surface area contributed by atoms with Crippen molar-refractivity contribution in [3.63, 3.8) is 0 Å². The van der Waals surface area contributed by atoms with Crippen LogP contribution in [0, 0.1) is 6.92 Å². The number of pyridine rings is 1. The first-order valence-electron chi connectivity index (χ1n) is 9.77. The lowest BCUT2D eigenvalue weighted by Crippen LogP contribution is -2.14. The number of benzene rings is 1. The van der Waals surface area contributed by atoms with Crippen LogP contribution in [0.15, 0.2) is 30.5 Å². The smallest absolute Gasteiger partial charge is 0.416 e. The van der Waals surface area contributed by atoms with E-state index in [9.17, 15) is 17.4 Å². The van der Waals surface area contributed by atoms with Crippen LogP contribution >= 0.6 is 0 Å². The average Bonchev–Trinajstić information content (AvgIpc) is 3.10. The molecule has 0 saturated heterocycles. The zero-order valence-corrected chi connectivity index (χ0v) is 18.5. The summed E-state index contributed by atoms with van der Waals surface area (Å²) in [4.78, 5) is 8.68. The van der Waals surface area contributed by atoms with Crippen LogP contribution in [0.2, 0.25) is 0 Å². The Morgan fingerprint density at radius 3 is 2.61 bits per heavy atom. The molecule has 2 aromatic heterocycles. The van der Waals surface area contributed by atoms with Gasteiger partial charge in [0, 0.05) is 18.0 Å². The van der Waals surface area contributed by atoms with Crippen LogP contribution in [0.25, 0.3) is 22.6 Å². The Labute approximate surface area is 181 Å². The Bertz CT molecular complexity index is 1100. The van der Waals surface area contributed by atoms with Gasteiger partial charge in [-0.05, 0) is 44.5 Å². The molecule has 0 bridgehead atoms. The fourth-order valence-corrected chi connectivity index (χ4v) is 3.86. The van der Waals surface area contributed by atoms with Crippen molar-refractivity contribution in [2.75, 3.05) is 19.5 Å². The number of halogens is 3. The van der Waals surface area contributed by atoms with Gasteiger partial charge in [-0.3, -0.25) is 4.98 Å². The van der Waals surface area contributed by atoms with Crippen molar-refractivity contribution in [2.24, 2.45) is 0 Å². The summed E-state index contributed by atoms with van der Waals surface area (Å²) in [6, 6.07) is 4.87. The fraction of sp³-hybridized carbons (Fsp3) is 0.429. The summed E-state index contributed by atoms with van der Waals surface area (Å²) in [7, 11) is -1.57. The standard InChI is InChI=1S/C21H24F3N3O3S/c1-5-13(2)29-10-11-30-18-8-9-25-19(14(18)3)20-26-16-12-15(21(22,23)24)6-7-17(16)27(20)31(4)28/h6-9,12-13H,5,10-11H2,1-4H3. The molecular formula is C21H24F3N3O3S. The third kappa shape index (κ3) is 5.07. The number of ether oxygens (including phenoxy) is 2. The molecule has 10 heteroatoms. The van der Waals surface area contributed by atoms with E-state index in [0.717, 1.165) is 18.6 Å². The molecule has 168 valence electrons. The van der Waals surface area contributed by atoms with E-state index in [0.29, 0.717) is 35.7 Å². The third-order valence-corrected chi connectivity index (χ3v) is 5.77. The number of hydrogen-bond acceptors (Lipinski definition) is 5. The van der Waals surface area contributed by atoms with Crippen LogP contribution in [-0.2, 0) is 21.9 Å². The first-order valence-corrected chi connectivity index (χ1v) is 11.3. The van der Waals surface area contributed by atoms with E-state index in [4.69, 9.17) is 9.47 Å². The molecule has 3 rings (SSSR count). The lowest BCUT2D eigenvalue weighted by molar-refractivity contribution is -0.137. The summed E-state index contributed by atoms with van der Waals surface area (Å²) in [5, 5.41) is 0. The molecule has 2 heterocycles. The fourth-order valence-electron chi connectivity index (χ4n) is 3.06. The maximum atomic E-state index is 13.1. The van der Waals surface area contributed by atoms with Gasteiger partial charge in [-0.15, -0.1) is 0 Å². The van der Waals surface area contributed by atoms with Crippen molar-refractivity contribution < 1.29 is 26.9 Å². The number of aromatic nitrogens is 3. The second-order valence-electron chi connectivity index (χ2n) is 7.08. The maximum Gasteiger partial charge on any atom is 0.416 e. The summed E-state index contributed by atoms with van der Waals surface area (Å²) in [6.45, 7) is 6.54. The summed E-state index contributed by atoms with van der Waals surface area (Å²) < 4.78 is 64.5. The van der Waals surface area contributed by atoms with Crippen LogP contribution in [0.5, 0.6) is 5.75 Å². The highest BCUT2D eigenvalue weighted by Crippen LogP contribution is 2.34. The van der Waals surface area contributed by atoms with E-state index in [2.05, 4.69) is 9.97 Å². The second kappa shape index (κ2) is 9.35. The van der Waals surface area contributed by atoms with Crippen LogP contribution in [-0.4, -0.2) is 43.7 Å². The topological polar surface area (TPSA) is 66.2 Å². The van der Waals surface area contributed by atoms with E-state index >= 15 is 0 Å². The van der Waals surface area contributed by atoms with E-state index in [1.165, 1.54) is 22.5 Å². The van der Waals surface area contributed by atoms with Gasteiger partial charge >= 0.3 is 6.18 Å². The Morgan fingerprint density at radius 1 is 1.23 bits per heavy atom. The molecule has 3 aromatic rings. The Balaban J connectivity index is 1.99. The predicted octanol–water partition coefficient (Wildman–Crippen LogP) is 4.76. The zero-order valence-electron chi connectivity index (χ0n) is 17.7. The molecule has 0 N–H and O–H groups in total. The van der Waals surface area contributed by atoms with Gasteiger partial charge in [0.1, 0.15) is 29.0 Å². The quantitative estimate of drug-likeness (QED) is 0.458. The van der Waals surface area contributed by atoms with Crippen LogP contribution < -0.4 is 4.74 Å². The number of imidazole rings is 1. The summed E-state index contributed by atoms with van der Waals surface area (Å²) in [6.07, 6.45) is -0.499. The molecular weight excluding hydrogens is 431 g/mol. The van der Waals surface area contributed by atoms with Crippen molar-refractivity contribution in [3.8, 4) is 17.3 Å². The molecule has 0 aliphatic rings. The Morgan fingerprint density at radius 2 is 1.97 bits per heavy atom. The van der Waals surface area contributed by atoms with Gasteiger partial charge in [0.05, 0.1) is 29.3 Å². The largest absolute Gasteiger partial charge is 0.491 e. The Hall–Kier alpha value is -2.46. The monoisotopic (exact) mass is 455 g/mol. The summed E-state index contributed by atoms with van der Waals surface area (Å²) in [5.41, 5.74) is 0.637. The van der Waals surface area contributed by atoms with Gasteiger partial charge in [-0.25, -0.2) is 13.2 Å². The zero-order chi connectivity index (χ0) is 22.8. The molecule has 2 atom stereocenters. The minimum atomic E-state index is -4.50. The maximum absolute atomic E-state index is 13.1. The van der Waals surface area contributed by atoms with Gasteiger partial charge in [0.15, 0.2) is 5.82 Å². The SMILES string of the molecule is CCC(C)OCCOc1ccnc(-c2nc3cc(C(F)(F)F)ccc3n2S(C)=O)c1C. The van der Waals surface area contributed by atoms with E-state index < -0.39 is 22.7 Å². The molecule has 31 heavy (non-hydrogen) atoms. The second-order valence-corrected chi connectivity index (χ2v) is 8.29. The molecule has 0 saturated carbocycles. The molecule has 6 nitrogen and oxygen atoms in total. The van der Waals surface area contributed by atoms with Crippen LogP contribution in [0.4, 0.5) is 13.2 Å². The van der Waals surface area contributed by atoms with Crippen molar-refractivity contribution in [3.05, 3.63) is 41.6 Å². The van der Waals surface area contributed by atoms with Gasteiger partial charge in [0.2, 0.25) is 0 Å². The van der Waals surface area contributed by atoms with Gasteiger partial charge in [-0.2, -0.15) is 13.2 Å². The number of alkyl halides is 3. The lowest BCUT2D eigenvalue weighted by atomic mass is 10.2. The van der Waals surface area contributed by atoms with E-state index in [1.54, 1.807) is 13.0 Å². The average molecular weight is 456 g/mol. The summed E-state index contributed by atoms with van der Waals surface area (Å²) >= 11 is 0. The molecule has 0 fully saturated rings. The highest BCUT2D eigenvalue weighted by atomic mass is 32.2. The minimum Gasteiger partial charge on any atom is -0.491 e. The normalized spacial score (nSPS) is 14.0. The van der Waals surface area contributed by atoms with E-state index in [1.807, 2.05) is 13.8 Å². The number of hydrogen-bond donors (Lipinski definition) is 0. The third-order valence-electron chi connectivity index (χ3n) is 4.88. The predicted molar refractivity (Wildman–Crippen MR) is 113 cm³/mol. The molecule has 0 amide bonds. The molecule has 0 aliphatic carbocycles. The van der Waals surface area contributed by atoms with E-state index in [-0.39, 0.29) is 17.4 Å². The van der Waals surface area contributed by atoms with Crippen molar-refractivity contribution in [1.82, 2.24) is 13.9 Å². The van der Waals surface area contributed by atoms with Crippen molar-refractivity contribution in [1.29, 1.82) is 0 Å². The number of rotatable bonds is 8. The van der Waals surface area contributed by atoms with Gasteiger partial charge < -0.3 is 9.47 Å². The van der Waals surface area contributed by atoms with Crippen LogP contribution in [0.1, 0.15) is 31.4 Å².